The largest absolute Gasteiger partial charge is 0.339 e. The van der Waals surface area contributed by atoms with Crippen LogP contribution in [0.4, 0.5) is 0 Å². The van der Waals surface area contributed by atoms with E-state index >= 15 is 0 Å². The Bertz CT molecular complexity index is 2200. The molecule has 3 heterocycles. The highest BCUT2D eigenvalue weighted by Crippen LogP contribution is 2.42. The van der Waals surface area contributed by atoms with Crippen LogP contribution >= 0.6 is 0 Å². The van der Waals surface area contributed by atoms with E-state index in [4.69, 9.17) is 5.84 Å². The molecule has 3 aromatic heterocycles. The minimum atomic E-state index is 0.980. The molecule has 0 aliphatic heterocycles. The van der Waals surface area contributed by atoms with Crippen molar-refractivity contribution in [2.45, 2.75) is 25.7 Å². The van der Waals surface area contributed by atoms with E-state index in [0.717, 1.165) is 31.2 Å². The Hall–Kier alpha value is -4.96. The molecule has 2 aliphatic carbocycles. The zero-order chi connectivity index (χ0) is 26.4. The van der Waals surface area contributed by atoms with Gasteiger partial charge >= 0.3 is 0 Å². The molecule has 0 spiro atoms. The van der Waals surface area contributed by atoms with E-state index in [2.05, 4.69) is 118 Å². The minimum Gasteiger partial charge on any atom is -0.339 e. The first kappa shape index (κ1) is 21.9. The maximum Gasteiger partial charge on any atom is 0.0707 e. The Morgan fingerprint density at radius 3 is 1.98 bits per heavy atom. The molecule has 40 heavy (non-hydrogen) atoms. The molecule has 0 amide bonds. The van der Waals surface area contributed by atoms with Crippen LogP contribution in [0.3, 0.4) is 0 Å². The van der Waals surface area contributed by atoms with Gasteiger partial charge in [-0.25, -0.2) is 0 Å². The summed E-state index contributed by atoms with van der Waals surface area (Å²) in [6.07, 6.45) is 13.3. The number of aryl methyl sites for hydroxylation is 1. The van der Waals surface area contributed by atoms with Gasteiger partial charge in [-0.15, -0.1) is 0 Å². The number of fused-ring (bicyclic) bond motifs is 9. The Morgan fingerprint density at radius 1 is 0.550 bits per heavy atom. The molecule has 0 atom stereocenters. The minimum absolute atomic E-state index is 0.980. The van der Waals surface area contributed by atoms with Gasteiger partial charge in [-0.05, 0) is 85.9 Å². The number of para-hydroxylation sites is 2. The number of nitrogens with zero attached hydrogens (tertiary/aromatic N) is 3. The molecular formula is C36H28N4. The van der Waals surface area contributed by atoms with Gasteiger partial charge in [0.1, 0.15) is 0 Å². The van der Waals surface area contributed by atoms with Crippen molar-refractivity contribution >= 4 is 55.8 Å². The summed E-state index contributed by atoms with van der Waals surface area (Å²) in [5.74, 6) is 6.73. The van der Waals surface area contributed by atoms with Crippen LogP contribution in [-0.2, 0) is 12.8 Å². The van der Waals surface area contributed by atoms with Crippen LogP contribution in [0.1, 0.15) is 35.4 Å². The summed E-state index contributed by atoms with van der Waals surface area (Å²) in [4.78, 5) is 0. The maximum absolute atomic E-state index is 6.73. The van der Waals surface area contributed by atoms with Gasteiger partial charge in [-0.1, -0.05) is 54.6 Å². The van der Waals surface area contributed by atoms with Crippen molar-refractivity contribution in [3.63, 3.8) is 0 Å². The number of hydrogen-bond acceptors (Lipinski definition) is 1. The highest BCUT2D eigenvalue weighted by Gasteiger charge is 2.24. The Balaban J connectivity index is 1.47. The molecule has 0 saturated carbocycles. The van der Waals surface area contributed by atoms with Crippen molar-refractivity contribution in [1.29, 1.82) is 0 Å². The Labute approximate surface area is 231 Å². The van der Waals surface area contributed by atoms with Gasteiger partial charge in [0.15, 0.2) is 0 Å². The normalized spacial score (nSPS) is 14.5. The molecule has 2 N–H and O–H groups in total. The van der Waals surface area contributed by atoms with Crippen LogP contribution in [0, 0.1) is 0 Å². The van der Waals surface area contributed by atoms with Crippen LogP contribution in [0.15, 0.2) is 97.1 Å². The summed E-state index contributed by atoms with van der Waals surface area (Å²) in [5.41, 5.74) is 12.4. The molecule has 0 radical (unpaired) electrons. The van der Waals surface area contributed by atoms with Crippen molar-refractivity contribution in [2.75, 3.05) is 5.84 Å². The molecule has 192 valence electrons. The number of rotatable bonds is 2. The maximum atomic E-state index is 6.73. The van der Waals surface area contributed by atoms with Crippen molar-refractivity contribution in [3.05, 3.63) is 120 Å². The predicted molar refractivity (Wildman–Crippen MR) is 168 cm³/mol. The van der Waals surface area contributed by atoms with E-state index in [1.807, 2.05) is 4.68 Å². The van der Waals surface area contributed by atoms with Crippen LogP contribution in [0.25, 0.3) is 67.1 Å². The van der Waals surface area contributed by atoms with Crippen molar-refractivity contribution < 1.29 is 0 Å². The summed E-state index contributed by atoms with van der Waals surface area (Å²) >= 11 is 0. The SMILES string of the molecule is Nn1c2c(c3cc4c(cc31)c1cc3c5c(n(-c6ccccc6)c3cc1n4-c1ccccc1)C=CCC5)C=CCC2. The van der Waals surface area contributed by atoms with Gasteiger partial charge in [-0.2, -0.15) is 0 Å². The summed E-state index contributed by atoms with van der Waals surface area (Å²) < 4.78 is 6.81. The lowest BCUT2D eigenvalue weighted by molar-refractivity contribution is 0.865. The number of hydrogen-bond donors (Lipinski definition) is 1. The highest BCUT2D eigenvalue weighted by atomic mass is 15.3. The second kappa shape index (κ2) is 8.03. The molecule has 4 nitrogen and oxygen atoms in total. The van der Waals surface area contributed by atoms with E-state index in [0.29, 0.717) is 0 Å². The fourth-order valence-electron chi connectivity index (χ4n) is 7.19. The average Bonchev–Trinajstić information content (AvgIpc) is 3.61. The Morgan fingerprint density at radius 2 is 1.18 bits per heavy atom. The fraction of sp³-hybridized carbons (Fsp3) is 0.111. The second-order valence-electron chi connectivity index (χ2n) is 11.1. The fourth-order valence-corrected chi connectivity index (χ4v) is 7.19. The molecule has 0 fully saturated rings. The summed E-state index contributed by atoms with van der Waals surface area (Å²) in [5, 5.41) is 5.08. The molecule has 7 aromatic rings. The molecule has 9 rings (SSSR count). The molecule has 0 bridgehead atoms. The number of allylic oxidation sites excluding steroid dienone is 2. The zero-order valence-electron chi connectivity index (χ0n) is 22.1. The van der Waals surface area contributed by atoms with E-state index in [1.54, 1.807) is 0 Å². The standard InChI is InChI=1S/C36H28N4/c37-40-32-18-10-8-16-26(32)29-20-33-30(21-36(29)40)28-19-27-25-15-7-9-17-31(25)38(23-11-3-1-4-12-23)34(27)22-35(28)39(33)24-13-5-2-6-14-24/h1-6,8-9,11-14,16-17,19-22H,7,10,15,18,37H2. The van der Waals surface area contributed by atoms with E-state index in [-0.39, 0.29) is 0 Å². The molecular weight excluding hydrogens is 488 g/mol. The van der Waals surface area contributed by atoms with Crippen LogP contribution in [0.2, 0.25) is 0 Å². The average molecular weight is 517 g/mol. The molecule has 0 saturated heterocycles. The molecule has 4 aromatic carbocycles. The van der Waals surface area contributed by atoms with Crippen LogP contribution in [0.5, 0.6) is 0 Å². The summed E-state index contributed by atoms with van der Waals surface area (Å²) in [6, 6.07) is 31.1. The third-order valence-electron chi connectivity index (χ3n) is 8.97. The number of benzene rings is 4. The first-order chi connectivity index (χ1) is 19.8. The molecule has 0 unspecified atom stereocenters. The van der Waals surface area contributed by atoms with Crippen molar-refractivity contribution in [1.82, 2.24) is 13.8 Å². The van der Waals surface area contributed by atoms with Crippen molar-refractivity contribution in [2.24, 2.45) is 0 Å². The second-order valence-corrected chi connectivity index (χ2v) is 11.1. The number of aromatic nitrogens is 3. The lowest BCUT2D eigenvalue weighted by Crippen LogP contribution is -2.12. The van der Waals surface area contributed by atoms with E-state index in [1.165, 1.54) is 72.0 Å². The Kier molecular flexibility index (Phi) is 4.40. The van der Waals surface area contributed by atoms with Gasteiger partial charge in [-0.3, -0.25) is 4.68 Å². The van der Waals surface area contributed by atoms with Gasteiger partial charge in [0.2, 0.25) is 0 Å². The van der Waals surface area contributed by atoms with Gasteiger partial charge < -0.3 is 15.0 Å². The highest BCUT2D eigenvalue weighted by molar-refractivity contribution is 6.17. The lowest BCUT2D eigenvalue weighted by atomic mass is 9.99. The van der Waals surface area contributed by atoms with Crippen LogP contribution < -0.4 is 5.84 Å². The quantitative estimate of drug-likeness (QED) is 0.231. The van der Waals surface area contributed by atoms with Gasteiger partial charge in [0.25, 0.3) is 0 Å². The lowest BCUT2D eigenvalue weighted by Gasteiger charge is -2.12. The van der Waals surface area contributed by atoms with E-state index < -0.39 is 0 Å². The first-order valence-corrected chi connectivity index (χ1v) is 14.2. The van der Waals surface area contributed by atoms with Crippen molar-refractivity contribution in [3.8, 4) is 11.4 Å². The molecule has 4 heteroatoms. The summed E-state index contributed by atoms with van der Waals surface area (Å²) in [7, 11) is 0. The molecule has 2 aliphatic rings. The van der Waals surface area contributed by atoms with E-state index in [9.17, 15) is 0 Å². The van der Waals surface area contributed by atoms with Crippen LogP contribution in [-0.4, -0.2) is 13.8 Å². The summed E-state index contributed by atoms with van der Waals surface area (Å²) in [6.45, 7) is 0. The third kappa shape index (κ3) is 2.85. The first-order valence-electron chi connectivity index (χ1n) is 14.2. The number of nitrogens with two attached hydrogens (primary N) is 1. The zero-order valence-corrected chi connectivity index (χ0v) is 22.1. The van der Waals surface area contributed by atoms with Gasteiger partial charge in [0.05, 0.1) is 22.1 Å². The predicted octanol–water partition coefficient (Wildman–Crippen LogP) is 8.31. The monoisotopic (exact) mass is 516 g/mol. The van der Waals surface area contributed by atoms with Gasteiger partial charge in [0, 0.05) is 49.9 Å². The topological polar surface area (TPSA) is 40.8 Å². The third-order valence-corrected chi connectivity index (χ3v) is 8.97. The smallest absolute Gasteiger partial charge is 0.0707 e. The number of nitrogen functional groups attached to an aromatic ring is 1.